The Morgan fingerprint density at radius 3 is 2.17 bits per heavy atom. The van der Waals surface area contributed by atoms with E-state index in [1.165, 1.54) is 12.3 Å². The lowest BCUT2D eigenvalue weighted by atomic mass is 10.1. The molecule has 0 aliphatic heterocycles. The molecule has 1 N–H and O–H groups in total. The van der Waals surface area contributed by atoms with E-state index in [1.807, 2.05) is 0 Å². The SMILES string of the molecule is CS(=O)(=O)CCc1ccc(Nc2ccc(C(F)(F)F)nn2)cc1. The van der Waals surface area contributed by atoms with Gasteiger partial charge in [0.1, 0.15) is 9.84 Å². The van der Waals surface area contributed by atoms with Crippen LogP contribution in [0.5, 0.6) is 0 Å². The molecule has 1 heterocycles. The van der Waals surface area contributed by atoms with Gasteiger partial charge in [-0.25, -0.2) is 8.42 Å². The molecule has 0 radical (unpaired) electrons. The molecule has 0 unspecified atom stereocenters. The number of nitrogens with one attached hydrogen (secondary N) is 1. The monoisotopic (exact) mass is 345 g/mol. The second-order valence-electron chi connectivity index (χ2n) is 5.00. The number of rotatable bonds is 5. The minimum atomic E-state index is -4.52. The maximum absolute atomic E-state index is 12.4. The summed E-state index contributed by atoms with van der Waals surface area (Å²) in [5.41, 5.74) is 0.404. The van der Waals surface area contributed by atoms with E-state index in [0.29, 0.717) is 12.1 Å². The summed E-state index contributed by atoms with van der Waals surface area (Å²) in [5, 5.41) is 9.41. The number of hydrogen-bond donors (Lipinski definition) is 1. The van der Waals surface area contributed by atoms with E-state index in [0.717, 1.165) is 11.6 Å². The highest BCUT2D eigenvalue weighted by Gasteiger charge is 2.32. The zero-order chi connectivity index (χ0) is 17.1. The molecule has 0 saturated heterocycles. The molecule has 2 rings (SSSR count). The van der Waals surface area contributed by atoms with Crippen molar-refractivity contribution in [2.75, 3.05) is 17.3 Å². The van der Waals surface area contributed by atoms with E-state index in [2.05, 4.69) is 15.5 Å². The Labute approximate surface area is 131 Å². The molecule has 1 aromatic carbocycles. The number of alkyl halides is 3. The molecule has 0 aliphatic carbocycles. The van der Waals surface area contributed by atoms with Gasteiger partial charge in [0, 0.05) is 11.9 Å². The first-order valence-electron chi connectivity index (χ1n) is 6.58. The van der Waals surface area contributed by atoms with Gasteiger partial charge in [-0.2, -0.15) is 13.2 Å². The van der Waals surface area contributed by atoms with Crippen molar-refractivity contribution in [3.8, 4) is 0 Å². The third kappa shape index (κ3) is 5.51. The topological polar surface area (TPSA) is 72.0 Å². The molecular formula is C14H14F3N3O2S. The number of hydrogen-bond acceptors (Lipinski definition) is 5. The molecular weight excluding hydrogens is 331 g/mol. The van der Waals surface area contributed by atoms with Crippen LogP contribution in [0.25, 0.3) is 0 Å². The summed E-state index contributed by atoms with van der Waals surface area (Å²) in [7, 11) is -3.02. The smallest absolute Gasteiger partial charge is 0.339 e. The molecule has 23 heavy (non-hydrogen) atoms. The molecule has 0 aliphatic rings. The minimum Gasteiger partial charge on any atom is -0.339 e. The number of anilines is 2. The normalized spacial score (nSPS) is 12.2. The predicted molar refractivity (Wildman–Crippen MR) is 80.2 cm³/mol. The summed E-state index contributed by atoms with van der Waals surface area (Å²) < 4.78 is 59.4. The van der Waals surface area contributed by atoms with Crippen LogP contribution in [0.4, 0.5) is 24.7 Å². The summed E-state index contributed by atoms with van der Waals surface area (Å²) >= 11 is 0. The summed E-state index contributed by atoms with van der Waals surface area (Å²) in [6.45, 7) is 0. The first-order valence-corrected chi connectivity index (χ1v) is 8.64. The number of sulfone groups is 1. The number of nitrogens with zero attached hydrogens (tertiary/aromatic N) is 2. The van der Waals surface area contributed by atoms with Gasteiger partial charge in [-0.05, 0) is 36.2 Å². The van der Waals surface area contributed by atoms with Crippen molar-refractivity contribution < 1.29 is 21.6 Å². The van der Waals surface area contributed by atoms with Crippen molar-refractivity contribution in [3.63, 3.8) is 0 Å². The second kappa shape index (κ2) is 6.53. The van der Waals surface area contributed by atoms with Crippen molar-refractivity contribution in [1.29, 1.82) is 0 Å². The molecule has 1 aromatic heterocycles. The fourth-order valence-electron chi connectivity index (χ4n) is 1.76. The fraction of sp³-hybridized carbons (Fsp3) is 0.286. The highest BCUT2D eigenvalue weighted by atomic mass is 32.2. The molecule has 0 amide bonds. The first kappa shape index (κ1) is 17.2. The van der Waals surface area contributed by atoms with Crippen LogP contribution in [0.2, 0.25) is 0 Å². The van der Waals surface area contributed by atoms with Crippen LogP contribution >= 0.6 is 0 Å². The molecule has 2 aromatic rings. The van der Waals surface area contributed by atoms with Crippen LogP contribution in [-0.4, -0.2) is 30.6 Å². The zero-order valence-corrected chi connectivity index (χ0v) is 12.9. The van der Waals surface area contributed by atoms with Crippen LogP contribution in [0.1, 0.15) is 11.3 Å². The van der Waals surface area contributed by atoms with Gasteiger partial charge in [-0.1, -0.05) is 12.1 Å². The zero-order valence-electron chi connectivity index (χ0n) is 12.1. The van der Waals surface area contributed by atoms with E-state index in [-0.39, 0.29) is 11.6 Å². The fourth-order valence-corrected chi connectivity index (χ4v) is 2.36. The third-order valence-electron chi connectivity index (χ3n) is 2.94. The maximum Gasteiger partial charge on any atom is 0.435 e. The van der Waals surface area contributed by atoms with Crippen LogP contribution in [-0.2, 0) is 22.4 Å². The molecule has 0 saturated carbocycles. The Hall–Kier alpha value is -2.16. The molecule has 0 spiro atoms. The standard InChI is InChI=1S/C14H14F3N3O2S/c1-23(21,22)9-8-10-2-4-11(5-3-10)18-13-7-6-12(19-20-13)14(15,16)17/h2-7H,8-9H2,1H3,(H,18,20). The lowest BCUT2D eigenvalue weighted by Gasteiger charge is -2.08. The highest BCUT2D eigenvalue weighted by Crippen LogP contribution is 2.27. The lowest BCUT2D eigenvalue weighted by Crippen LogP contribution is -2.09. The van der Waals surface area contributed by atoms with Gasteiger partial charge in [-0.15, -0.1) is 10.2 Å². The van der Waals surface area contributed by atoms with E-state index >= 15 is 0 Å². The van der Waals surface area contributed by atoms with E-state index in [9.17, 15) is 21.6 Å². The summed E-state index contributed by atoms with van der Waals surface area (Å²) in [4.78, 5) is 0. The van der Waals surface area contributed by atoms with Crippen molar-refractivity contribution in [2.24, 2.45) is 0 Å². The predicted octanol–water partition coefficient (Wildman–Crippen LogP) is 2.83. The summed E-state index contributed by atoms with van der Waals surface area (Å²) in [5.74, 6) is 0.242. The second-order valence-corrected chi connectivity index (χ2v) is 7.26. The van der Waals surface area contributed by atoms with Crippen LogP contribution in [0, 0.1) is 0 Å². The third-order valence-corrected chi connectivity index (χ3v) is 3.89. The van der Waals surface area contributed by atoms with Crippen molar-refractivity contribution >= 4 is 21.3 Å². The number of aryl methyl sites for hydroxylation is 1. The largest absolute Gasteiger partial charge is 0.435 e. The Bertz CT molecular complexity index is 757. The molecule has 5 nitrogen and oxygen atoms in total. The van der Waals surface area contributed by atoms with Gasteiger partial charge in [0.15, 0.2) is 11.5 Å². The Morgan fingerprint density at radius 1 is 1.04 bits per heavy atom. The van der Waals surface area contributed by atoms with Crippen LogP contribution in [0.3, 0.4) is 0 Å². The van der Waals surface area contributed by atoms with Gasteiger partial charge in [0.05, 0.1) is 5.75 Å². The maximum atomic E-state index is 12.4. The minimum absolute atomic E-state index is 0.0597. The number of aromatic nitrogens is 2. The molecule has 0 fully saturated rings. The Balaban J connectivity index is 2.01. The van der Waals surface area contributed by atoms with Gasteiger partial charge < -0.3 is 5.32 Å². The molecule has 124 valence electrons. The highest BCUT2D eigenvalue weighted by molar-refractivity contribution is 7.90. The molecule has 9 heteroatoms. The first-order chi connectivity index (χ1) is 10.6. The van der Waals surface area contributed by atoms with Gasteiger partial charge >= 0.3 is 6.18 Å². The lowest BCUT2D eigenvalue weighted by molar-refractivity contribution is -0.141. The van der Waals surface area contributed by atoms with E-state index in [4.69, 9.17) is 0 Å². The summed E-state index contributed by atoms with van der Waals surface area (Å²) in [6, 6.07) is 8.90. The van der Waals surface area contributed by atoms with Gasteiger partial charge in [0.2, 0.25) is 0 Å². The van der Waals surface area contributed by atoms with Crippen LogP contribution < -0.4 is 5.32 Å². The number of halogens is 3. The molecule has 0 atom stereocenters. The van der Waals surface area contributed by atoms with Crippen molar-refractivity contribution in [3.05, 3.63) is 47.7 Å². The average Bonchev–Trinajstić information content (AvgIpc) is 2.45. The quantitative estimate of drug-likeness (QED) is 0.902. The van der Waals surface area contributed by atoms with Gasteiger partial charge in [0.25, 0.3) is 0 Å². The van der Waals surface area contributed by atoms with E-state index in [1.54, 1.807) is 24.3 Å². The Kier molecular flexibility index (Phi) is 4.88. The van der Waals surface area contributed by atoms with Crippen LogP contribution in [0.15, 0.2) is 36.4 Å². The van der Waals surface area contributed by atoms with Crippen molar-refractivity contribution in [1.82, 2.24) is 10.2 Å². The Morgan fingerprint density at radius 2 is 1.70 bits per heavy atom. The van der Waals surface area contributed by atoms with Crippen molar-refractivity contribution in [2.45, 2.75) is 12.6 Å². The van der Waals surface area contributed by atoms with Gasteiger partial charge in [-0.3, -0.25) is 0 Å². The average molecular weight is 345 g/mol. The molecule has 0 bridgehead atoms. The number of benzene rings is 1. The van der Waals surface area contributed by atoms with E-state index < -0.39 is 21.7 Å². The summed E-state index contributed by atoms with van der Waals surface area (Å²) in [6.07, 6.45) is -2.95.